The van der Waals surface area contributed by atoms with Crippen LogP contribution in [0.25, 0.3) is 0 Å². The topological polar surface area (TPSA) is 92.5 Å². The Morgan fingerprint density at radius 3 is 2.80 bits per heavy atom. The van der Waals surface area contributed by atoms with Gasteiger partial charge in [-0.1, -0.05) is 6.92 Å². The van der Waals surface area contributed by atoms with E-state index in [0.29, 0.717) is 0 Å². The Balaban J connectivity index is 2.64. The predicted molar refractivity (Wildman–Crippen MR) is 79.3 cm³/mol. The number of phenols is 1. The molecule has 1 rings (SSSR count). The summed E-state index contributed by atoms with van der Waals surface area (Å²) in [6.07, 6.45) is 0.850. The minimum atomic E-state index is -0.693. The van der Waals surface area contributed by atoms with E-state index in [1.807, 2.05) is 6.92 Å². The molecule has 0 saturated heterocycles. The number of nitro benzene ring substituents is 1. The first-order valence-electron chi connectivity index (χ1n) is 6.31. The summed E-state index contributed by atoms with van der Waals surface area (Å²) in [6.45, 7) is 3.98. The molecule has 1 aromatic carbocycles. The second-order valence-electron chi connectivity index (χ2n) is 4.32. The number of hydrogen-bond donors (Lipinski definition) is 2. The molecule has 6 nitrogen and oxygen atoms in total. The molecule has 1 atom stereocenters. The number of thioether (sulfide) groups is 1. The number of amides is 1. The van der Waals surface area contributed by atoms with Gasteiger partial charge in [-0.2, -0.15) is 11.8 Å². The summed E-state index contributed by atoms with van der Waals surface area (Å²) in [5.74, 6) is 1.15. The van der Waals surface area contributed by atoms with Crippen LogP contribution >= 0.6 is 11.8 Å². The van der Waals surface area contributed by atoms with Gasteiger partial charge in [0.25, 0.3) is 5.91 Å². The van der Waals surface area contributed by atoms with Crippen molar-refractivity contribution in [2.75, 3.05) is 11.5 Å². The SMILES string of the molecule is CCSCCC(C)NC(=O)c1ccc([N+](=O)[O-])c(O)c1. The molecule has 0 aliphatic rings. The fourth-order valence-corrected chi connectivity index (χ4v) is 2.41. The predicted octanol–water partition coefficient (Wildman–Crippen LogP) is 2.56. The molecule has 2 N–H and O–H groups in total. The van der Waals surface area contributed by atoms with Crippen molar-refractivity contribution in [1.29, 1.82) is 0 Å². The molecular formula is C13H18N2O4S. The Kier molecular flexibility index (Phi) is 6.30. The van der Waals surface area contributed by atoms with Crippen LogP contribution in [0.1, 0.15) is 30.6 Å². The molecule has 0 aromatic heterocycles. The Hall–Kier alpha value is -1.76. The molecule has 1 aromatic rings. The summed E-state index contributed by atoms with van der Waals surface area (Å²) in [7, 11) is 0. The van der Waals surface area contributed by atoms with Crippen LogP contribution < -0.4 is 5.32 Å². The van der Waals surface area contributed by atoms with E-state index in [0.717, 1.165) is 30.1 Å². The van der Waals surface area contributed by atoms with Gasteiger partial charge in [0.15, 0.2) is 5.75 Å². The van der Waals surface area contributed by atoms with Gasteiger partial charge in [-0.25, -0.2) is 0 Å². The third-order valence-corrected chi connectivity index (χ3v) is 3.64. The molecule has 1 amide bonds. The van der Waals surface area contributed by atoms with Gasteiger partial charge in [-0.3, -0.25) is 14.9 Å². The number of benzene rings is 1. The second kappa shape index (κ2) is 7.74. The highest BCUT2D eigenvalue weighted by molar-refractivity contribution is 7.99. The first-order valence-corrected chi connectivity index (χ1v) is 7.47. The number of carbonyl (C=O) groups excluding carboxylic acids is 1. The number of rotatable bonds is 7. The summed E-state index contributed by atoms with van der Waals surface area (Å²) < 4.78 is 0. The quantitative estimate of drug-likeness (QED) is 0.458. The molecular weight excluding hydrogens is 280 g/mol. The molecule has 1 unspecified atom stereocenters. The normalized spacial score (nSPS) is 11.9. The largest absolute Gasteiger partial charge is 0.502 e. The molecule has 0 radical (unpaired) electrons. The molecule has 0 heterocycles. The van der Waals surface area contributed by atoms with E-state index >= 15 is 0 Å². The number of nitro groups is 1. The van der Waals surface area contributed by atoms with Crippen LogP contribution in [0, 0.1) is 10.1 Å². The molecule has 0 fully saturated rings. The zero-order valence-corrected chi connectivity index (χ0v) is 12.3. The molecule has 0 aliphatic carbocycles. The fourth-order valence-electron chi connectivity index (χ4n) is 1.60. The van der Waals surface area contributed by atoms with Crippen LogP contribution in [-0.4, -0.2) is 33.5 Å². The number of nitrogens with zero attached hydrogens (tertiary/aromatic N) is 1. The highest BCUT2D eigenvalue weighted by Gasteiger charge is 2.16. The standard InChI is InChI=1S/C13H18N2O4S/c1-3-20-7-6-9(2)14-13(17)10-4-5-11(15(18)19)12(16)8-10/h4-5,8-9,16H,3,6-7H2,1-2H3,(H,14,17). The van der Waals surface area contributed by atoms with Crippen molar-refractivity contribution in [2.24, 2.45) is 0 Å². The fraction of sp³-hybridized carbons (Fsp3) is 0.462. The third kappa shape index (κ3) is 4.73. The van der Waals surface area contributed by atoms with E-state index in [2.05, 4.69) is 12.2 Å². The van der Waals surface area contributed by atoms with E-state index in [1.54, 1.807) is 11.8 Å². The lowest BCUT2D eigenvalue weighted by Gasteiger charge is -2.13. The van der Waals surface area contributed by atoms with Crippen molar-refractivity contribution >= 4 is 23.4 Å². The van der Waals surface area contributed by atoms with Crippen LogP contribution in [0.2, 0.25) is 0 Å². The van der Waals surface area contributed by atoms with Crippen LogP contribution in [-0.2, 0) is 0 Å². The van der Waals surface area contributed by atoms with E-state index < -0.39 is 16.4 Å². The van der Waals surface area contributed by atoms with Crippen molar-refractivity contribution in [3.8, 4) is 5.75 Å². The Morgan fingerprint density at radius 2 is 2.25 bits per heavy atom. The van der Waals surface area contributed by atoms with Gasteiger partial charge in [-0.15, -0.1) is 0 Å². The Bertz CT molecular complexity index is 493. The smallest absolute Gasteiger partial charge is 0.310 e. The number of nitrogens with one attached hydrogen (secondary N) is 1. The van der Waals surface area contributed by atoms with Crippen molar-refractivity contribution in [3.63, 3.8) is 0 Å². The molecule has 0 spiro atoms. The highest BCUT2D eigenvalue weighted by Crippen LogP contribution is 2.26. The van der Waals surface area contributed by atoms with Crippen LogP contribution in [0.15, 0.2) is 18.2 Å². The van der Waals surface area contributed by atoms with Gasteiger partial charge in [0, 0.05) is 17.7 Å². The number of phenolic OH excluding ortho intramolecular Hbond substituents is 1. The molecule has 0 bridgehead atoms. The lowest BCUT2D eigenvalue weighted by molar-refractivity contribution is -0.385. The Morgan fingerprint density at radius 1 is 1.55 bits per heavy atom. The van der Waals surface area contributed by atoms with Gasteiger partial charge in [0.05, 0.1) is 4.92 Å². The summed E-state index contributed by atoms with van der Waals surface area (Å²) in [5.41, 5.74) is -0.197. The average Bonchev–Trinajstić information content (AvgIpc) is 2.38. The Labute approximate surface area is 121 Å². The van der Waals surface area contributed by atoms with E-state index in [-0.39, 0.29) is 17.5 Å². The maximum absolute atomic E-state index is 11.9. The number of carbonyl (C=O) groups is 1. The summed E-state index contributed by atoms with van der Waals surface area (Å²) in [4.78, 5) is 21.8. The summed E-state index contributed by atoms with van der Waals surface area (Å²) in [5, 5.41) is 22.9. The van der Waals surface area contributed by atoms with Gasteiger partial charge in [0.2, 0.25) is 0 Å². The van der Waals surface area contributed by atoms with Crippen molar-refractivity contribution in [2.45, 2.75) is 26.3 Å². The maximum Gasteiger partial charge on any atom is 0.310 e. The molecule has 20 heavy (non-hydrogen) atoms. The van der Waals surface area contributed by atoms with E-state index in [1.165, 1.54) is 6.07 Å². The van der Waals surface area contributed by atoms with Crippen molar-refractivity contribution < 1.29 is 14.8 Å². The zero-order chi connectivity index (χ0) is 15.1. The first kappa shape index (κ1) is 16.3. The van der Waals surface area contributed by atoms with E-state index in [9.17, 15) is 20.0 Å². The molecule has 7 heteroatoms. The second-order valence-corrected chi connectivity index (χ2v) is 5.71. The minimum Gasteiger partial charge on any atom is -0.502 e. The number of hydrogen-bond acceptors (Lipinski definition) is 5. The molecule has 0 saturated carbocycles. The lowest BCUT2D eigenvalue weighted by Crippen LogP contribution is -2.32. The average molecular weight is 298 g/mol. The van der Waals surface area contributed by atoms with Crippen molar-refractivity contribution in [1.82, 2.24) is 5.32 Å². The minimum absolute atomic E-state index is 0.0129. The zero-order valence-electron chi connectivity index (χ0n) is 11.5. The van der Waals surface area contributed by atoms with Gasteiger partial charge < -0.3 is 10.4 Å². The summed E-state index contributed by atoms with van der Waals surface area (Å²) >= 11 is 1.80. The van der Waals surface area contributed by atoms with Gasteiger partial charge in [-0.05, 0) is 37.0 Å². The molecule has 110 valence electrons. The monoisotopic (exact) mass is 298 g/mol. The van der Waals surface area contributed by atoms with Gasteiger partial charge >= 0.3 is 5.69 Å². The van der Waals surface area contributed by atoms with Crippen molar-refractivity contribution in [3.05, 3.63) is 33.9 Å². The number of aromatic hydroxyl groups is 1. The summed E-state index contributed by atoms with van der Waals surface area (Å²) in [6, 6.07) is 3.59. The van der Waals surface area contributed by atoms with Crippen LogP contribution in [0.4, 0.5) is 5.69 Å². The van der Waals surface area contributed by atoms with E-state index in [4.69, 9.17) is 0 Å². The highest BCUT2D eigenvalue weighted by atomic mass is 32.2. The first-order chi connectivity index (χ1) is 9.45. The lowest BCUT2D eigenvalue weighted by atomic mass is 10.1. The maximum atomic E-state index is 11.9. The third-order valence-electron chi connectivity index (χ3n) is 2.71. The molecule has 0 aliphatic heterocycles. The van der Waals surface area contributed by atoms with Crippen LogP contribution in [0.5, 0.6) is 5.75 Å². The van der Waals surface area contributed by atoms with Gasteiger partial charge in [0.1, 0.15) is 0 Å². The van der Waals surface area contributed by atoms with Crippen LogP contribution in [0.3, 0.4) is 0 Å².